The predicted octanol–water partition coefficient (Wildman–Crippen LogP) is 1.05. The number of rotatable bonds is 3. The van der Waals surface area contributed by atoms with Crippen molar-refractivity contribution in [3.05, 3.63) is 18.9 Å². The summed E-state index contributed by atoms with van der Waals surface area (Å²) in [4.78, 5) is 12.1. The van der Waals surface area contributed by atoms with Gasteiger partial charge in [-0.25, -0.2) is 0 Å². The van der Waals surface area contributed by atoms with Gasteiger partial charge in [-0.15, -0.1) is 0 Å². The molecule has 2 rings (SSSR count). The van der Waals surface area contributed by atoms with E-state index in [1.165, 1.54) is 6.33 Å². The number of aromatic nitrogens is 4. The van der Waals surface area contributed by atoms with Gasteiger partial charge in [0.25, 0.3) is 0 Å². The van der Waals surface area contributed by atoms with Crippen molar-refractivity contribution in [2.75, 3.05) is 6.61 Å². The molecule has 0 atom stereocenters. The van der Waals surface area contributed by atoms with E-state index in [9.17, 15) is 4.57 Å². The Morgan fingerprint density at radius 3 is 3.33 bits per heavy atom. The van der Waals surface area contributed by atoms with Crippen LogP contribution in [0.15, 0.2) is 18.9 Å². The first-order valence-electron chi connectivity index (χ1n) is 4.22. The molecule has 0 N–H and O–H groups in total. The number of fused-ring (bicyclic) bond motifs is 1. The third-order valence-corrected chi connectivity index (χ3v) is 2.02. The molecule has 0 unspecified atom stereocenters. The van der Waals surface area contributed by atoms with Crippen LogP contribution in [0.2, 0.25) is 0 Å². The number of hydrogen-bond acceptors (Lipinski definition) is 5. The molecule has 0 radical (unpaired) electrons. The molecule has 2 aromatic rings. The molecule has 2 heterocycles. The number of nitrogens with zero attached hydrogens (tertiary/aromatic N) is 4. The molecule has 0 aromatic carbocycles. The molecule has 15 heavy (non-hydrogen) atoms. The summed E-state index contributed by atoms with van der Waals surface area (Å²) < 4.78 is 16.7. The molecule has 0 aliphatic heterocycles. The van der Waals surface area contributed by atoms with Gasteiger partial charge in [0.2, 0.25) is 0 Å². The van der Waals surface area contributed by atoms with Crippen LogP contribution in [0.25, 0.3) is 11.2 Å². The summed E-state index contributed by atoms with van der Waals surface area (Å²) in [5.74, 6) is 2.21. The molecule has 0 spiro atoms. The van der Waals surface area contributed by atoms with E-state index >= 15 is 0 Å². The summed E-state index contributed by atoms with van der Waals surface area (Å²) in [5.41, 5.74) is 1.50. The summed E-state index contributed by atoms with van der Waals surface area (Å²) >= 11 is 0. The van der Waals surface area contributed by atoms with Crippen molar-refractivity contribution < 1.29 is 9.30 Å². The first kappa shape index (κ1) is 10.1. The van der Waals surface area contributed by atoms with Gasteiger partial charge in [-0.05, 0) is 0 Å². The van der Waals surface area contributed by atoms with Gasteiger partial charge in [0.1, 0.15) is 0 Å². The van der Waals surface area contributed by atoms with Crippen LogP contribution in [-0.4, -0.2) is 26.1 Å². The van der Waals surface area contributed by atoms with Crippen LogP contribution in [0.1, 0.15) is 0 Å². The molecule has 2 aromatic heterocycles. The van der Waals surface area contributed by atoms with Crippen molar-refractivity contribution in [2.24, 2.45) is 0 Å². The first-order chi connectivity index (χ1) is 7.42. The zero-order valence-corrected chi connectivity index (χ0v) is 8.59. The van der Waals surface area contributed by atoms with Crippen molar-refractivity contribution in [2.45, 2.75) is 6.54 Å². The van der Waals surface area contributed by atoms with Gasteiger partial charge in [0.15, 0.2) is 0 Å². The van der Waals surface area contributed by atoms with E-state index in [0.717, 1.165) is 11.2 Å². The Balaban J connectivity index is 2.13. The number of imidazole rings is 1. The molecular formula is C8H7N4O2P. The summed E-state index contributed by atoms with van der Waals surface area (Å²) in [6.07, 6.45) is 4.78. The fraction of sp³-hybridized carbons (Fsp3) is 0.250. The third kappa shape index (κ3) is 2.30. The zero-order valence-electron chi connectivity index (χ0n) is 7.70. The second kappa shape index (κ2) is 4.84. The van der Waals surface area contributed by atoms with Crippen LogP contribution in [0.5, 0.6) is 0 Å². The Labute approximate surface area is 86.4 Å². The third-order valence-electron chi connectivity index (χ3n) is 1.82. The molecule has 0 aliphatic carbocycles. The standard InChI is InChI=1S/C8H7N4O2P/c13-15-6-14-2-1-12-5-11-7-3-9-4-10-8(7)12/h3-5H,1-2H2. The van der Waals surface area contributed by atoms with Gasteiger partial charge in [0, 0.05) is 0 Å². The first-order valence-corrected chi connectivity index (χ1v) is 5.03. The average molecular weight is 222 g/mol. The van der Waals surface area contributed by atoms with Gasteiger partial charge in [-0.1, -0.05) is 0 Å². The molecule has 0 fully saturated rings. The minimum absolute atomic E-state index is 0.244. The molecule has 7 heteroatoms. The Kier molecular flexibility index (Phi) is 3.25. The Morgan fingerprint density at radius 2 is 2.47 bits per heavy atom. The second-order valence-electron chi connectivity index (χ2n) is 2.70. The number of ether oxygens (including phenoxy) is 1. The van der Waals surface area contributed by atoms with Crippen LogP contribution in [0, 0.1) is 5.81 Å². The summed E-state index contributed by atoms with van der Waals surface area (Å²) in [5, 5.41) is 0. The van der Waals surface area contributed by atoms with Crippen LogP contribution in [-0.2, 0) is 15.8 Å². The molecule has 0 saturated heterocycles. The van der Waals surface area contributed by atoms with E-state index in [4.69, 9.17) is 4.74 Å². The van der Waals surface area contributed by atoms with Crippen molar-refractivity contribution >= 4 is 19.1 Å². The second-order valence-corrected chi connectivity index (χ2v) is 3.07. The van der Waals surface area contributed by atoms with Crippen molar-refractivity contribution in [3.8, 4) is 5.81 Å². The molecule has 76 valence electrons. The Bertz CT molecular complexity index is 562. The quantitative estimate of drug-likeness (QED) is 0.573. The Morgan fingerprint density at radius 1 is 1.53 bits per heavy atom. The number of hydrogen-bond donors (Lipinski definition) is 0. The molecule has 0 aliphatic rings. The fourth-order valence-corrected chi connectivity index (χ4v) is 1.34. The van der Waals surface area contributed by atoms with E-state index in [1.807, 2.05) is 4.57 Å². The summed E-state index contributed by atoms with van der Waals surface area (Å²) in [7, 11) is -0.244. The Hall–Kier alpha value is -1.48. The van der Waals surface area contributed by atoms with E-state index in [2.05, 4.69) is 20.8 Å². The SMILES string of the molecule is O=P#COCCn1cnc2cncnc21. The molecule has 0 bridgehead atoms. The van der Waals surface area contributed by atoms with Crippen molar-refractivity contribution in [3.63, 3.8) is 0 Å². The van der Waals surface area contributed by atoms with Gasteiger partial charge < -0.3 is 0 Å². The maximum absolute atomic E-state index is 10.00. The minimum atomic E-state index is -0.244. The summed E-state index contributed by atoms with van der Waals surface area (Å²) in [6, 6.07) is 0. The van der Waals surface area contributed by atoms with Crippen molar-refractivity contribution in [1.29, 1.82) is 0 Å². The zero-order chi connectivity index (χ0) is 10.5. The van der Waals surface area contributed by atoms with Crippen LogP contribution >= 0.6 is 7.92 Å². The van der Waals surface area contributed by atoms with Crippen LogP contribution in [0.3, 0.4) is 0 Å². The van der Waals surface area contributed by atoms with Gasteiger partial charge >= 0.3 is 85.7 Å². The molecule has 0 amide bonds. The predicted molar refractivity (Wildman–Crippen MR) is 52.8 cm³/mol. The molecule has 0 saturated carbocycles. The van der Waals surface area contributed by atoms with E-state index in [1.54, 1.807) is 12.5 Å². The normalized spacial score (nSPS) is 10.1. The topological polar surface area (TPSA) is 69.9 Å². The monoisotopic (exact) mass is 222 g/mol. The van der Waals surface area contributed by atoms with E-state index < -0.39 is 0 Å². The maximum atomic E-state index is 10.00. The fourth-order valence-electron chi connectivity index (χ4n) is 1.19. The van der Waals surface area contributed by atoms with Crippen molar-refractivity contribution in [1.82, 2.24) is 19.5 Å². The average Bonchev–Trinajstić information content (AvgIpc) is 2.68. The molecule has 6 nitrogen and oxygen atoms in total. The van der Waals surface area contributed by atoms with E-state index in [-0.39, 0.29) is 7.92 Å². The van der Waals surface area contributed by atoms with E-state index in [0.29, 0.717) is 13.2 Å². The van der Waals surface area contributed by atoms with Gasteiger partial charge in [-0.2, -0.15) is 0 Å². The molecular weight excluding hydrogens is 215 g/mol. The van der Waals surface area contributed by atoms with Crippen LogP contribution < -0.4 is 0 Å². The van der Waals surface area contributed by atoms with Crippen LogP contribution in [0.4, 0.5) is 0 Å². The van der Waals surface area contributed by atoms with Gasteiger partial charge in [-0.3, -0.25) is 0 Å². The summed E-state index contributed by atoms with van der Waals surface area (Å²) in [6.45, 7) is 0.959. The van der Waals surface area contributed by atoms with Gasteiger partial charge in [0.05, 0.1) is 0 Å².